The number of rotatable bonds is 6. The van der Waals surface area contributed by atoms with E-state index < -0.39 is 22.5 Å². The van der Waals surface area contributed by atoms with E-state index in [-0.39, 0.29) is 21.9 Å². The summed E-state index contributed by atoms with van der Waals surface area (Å²) in [5, 5.41) is 31.0. The maximum atomic E-state index is 13.3. The first kappa shape index (κ1) is 22.9. The molecule has 0 radical (unpaired) electrons. The first-order valence-corrected chi connectivity index (χ1v) is 11.5. The van der Waals surface area contributed by atoms with Gasteiger partial charge in [-0.15, -0.1) is 0 Å². The lowest BCUT2D eigenvalue weighted by Crippen LogP contribution is -2.16. The molecule has 3 aromatic carbocycles. The molecule has 0 saturated heterocycles. The molecule has 4 aromatic rings. The van der Waals surface area contributed by atoms with E-state index in [2.05, 4.69) is 10.5 Å². The minimum atomic E-state index is -4.03. The Morgan fingerprint density at radius 1 is 1.06 bits per heavy atom. The number of carbonyl (C=O) groups is 1. The number of carbonyl (C=O) groups excluding carboxylic acids is 1. The third-order valence-corrected chi connectivity index (χ3v) is 6.03. The second-order valence-electron chi connectivity index (χ2n) is 7.22. The van der Waals surface area contributed by atoms with Crippen LogP contribution in [0.3, 0.4) is 0 Å². The lowest BCUT2D eigenvalue weighted by Gasteiger charge is -2.14. The van der Waals surface area contributed by atoms with Gasteiger partial charge in [-0.05, 0) is 24.3 Å². The second kappa shape index (κ2) is 9.29. The first-order chi connectivity index (χ1) is 16.3. The van der Waals surface area contributed by atoms with Crippen molar-refractivity contribution in [3.63, 3.8) is 0 Å². The summed E-state index contributed by atoms with van der Waals surface area (Å²) in [7, 11) is -4.03. The third-order valence-electron chi connectivity index (χ3n) is 5.06. The van der Waals surface area contributed by atoms with Gasteiger partial charge in [0.2, 0.25) is 10.0 Å². The van der Waals surface area contributed by atoms with Gasteiger partial charge in [0.05, 0.1) is 16.5 Å². The second-order valence-corrected chi connectivity index (χ2v) is 8.75. The van der Waals surface area contributed by atoms with Crippen molar-refractivity contribution in [3.8, 4) is 28.5 Å². The van der Waals surface area contributed by atoms with Crippen LogP contribution in [0.4, 0.5) is 5.69 Å². The van der Waals surface area contributed by atoms with Crippen LogP contribution in [0.1, 0.15) is 21.7 Å². The Labute approximate surface area is 195 Å². The van der Waals surface area contributed by atoms with Crippen LogP contribution >= 0.6 is 0 Å². The van der Waals surface area contributed by atoms with Gasteiger partial charge in [0.25, 0.3) is 5.91 Å². The molecular formula is C24H18N4O5S. The molecule has 0 bridgehead atoms. The largest absolute Gasteiger partial charge is 0.388 e. The van der Waals surface area contributed by atoms with Crippen molar-refractivity contribution in [3.05, 3.63) is 89.7 Å². The first-order valence-electron chi connectivity index (χ1n) is 9.96. The number of nitrogens with one attached hydrogen (secondary N) is 1. The normalized spacial score (nSPS) is 11.1. The van der Waals surface area contributed by atoms with Gasteiger partial charge in [-0.1, -0.05) is 53.7 Å². The number of aliphatic hydroxyl groups is 1. The van der Waals surface area contributed by atoms with Crippen molar-refractivity contribution in [2.45, 2.75) is 11.5 Å². The lowest BCUT2D eigenvalue weighted by atomic mass is 10.0. The van der Waals surface area contributed by atoms with Gasteiger partial charge in [-0.3, -0.25) is 4.79 Å². The van der Waals surface area contributed by atoms with E-state index in [1.54, 1.807) is 66.7 Å². The highest BCUT2D eigenvalue weighted by Gasteiger charge is 2.25. The third kappa shape index (κ3) is 4.44. The zero-order chi connectivity index (χ0) is 24.3. The SMILES string of the molecule is N#Cc1cccc(-c2noc(CO)c2C(=O)Nc2ccccc2-c2ccccc2S(N)(=O)=O)c1. The van der Waals surface area contributed by atoms with Crippen LogP contribution in [0.2, 0.25) is 0 Å². The minimum absolute atomic E-state index is 0.00729. The highest BCUT2D eigenvalue weighted by Crippen LogP contribution is 2.34. The fraction of sp³-hybridized carbons (Fsp3) is 0.0417. The van der Waals surface area contributed by atoms with Gasteiger partial charge < -0.3 is 14.9 Å². The Balaban J connectivity index is 1.79. The Morgan fingerprint density at radius 2 is 1.76 bits per heavy atom. The molecule has 1 aromatic heterocycles. The summed E-state index contributed by atoms with van der Waals surface area (Å²) in [4.78, 5) is 13.2. The molecule has 0 saturated carbocycles. The van der Waals surface area contributed by atoms with Crippen LogP contribution in [0.25, 0.3) is 22.4 Å². The molecule has 0 aliphatic rings. The van der Waals surface area contributed by atoms with E-state index in [4.69, 9.17) is 9.66 Å². The van der Waals surface area contributed by atoms with E-state index in [1.807, 2.05) is 6.07 Å². The Kier molecular flexibility index (Phi) is 6.25. The molecule has 1 amide bonds. The molecule has 0 fully saturated rings. The number of sulfonamides is 1. The summed E-state index contributed by atoms with van der Waals surface area (Å²) < 4.78 is 29.4. The van der Waals surface area contributed by atoms with Crippen molar-refractivity contribution in [2.24, 2.45) is 5.14 Å². The average molecular weight is 474 g/mol. The number of hydrogen-bond donors (Lipinski definition) is 3. The Hall–Kier alpha value is -4.30. The number of benzene rings is 3. The molecule has 0 unspecified atom stereocenters. The molecule has 10 heteroatoms. The van der Waals surface area contributed by atoms with E-state index in [9.17, 15) is 23.6 Å². The van der Waals surface area contributed by atoms with Crippen LogP contribution in [-0.4, -0.2) is 24.6 Å². The predicted molar refractivity (Wildman–Crippen MR) is 124 cm³/mol. The van der Waals surface area contributed by atoms with Gasteiger partial charge in [-0.25, -0.2) is 13.6 Å². The average Bonchev–Trinajstić information content (AvgIpc) is 3.28. The van der Waals surface area contributed by atoms with Crippen molar-refractivity contribution < 1.29 is 22.8 Å². The molecule has 9 nitrogen and oxygen atoms in total. The number of aliphatic hydroxyl groups excluding tert-OH is 1. The highest BCUT2D eigenvalue weighted by molar-refractivity contribution is 7.89. The molecular weight excluding hydrogens is 456 g/mol. The van der Waals surface area contributed by atoms with Gasteiger partial charge in [-0.2, -0.15) is 5.26 Å². The van der Waals surface area contributed by atoms with E-state index in [0.29, 0.717) is 27.9 Å². The zero-order valence-electron chi connectivity index (χ0n) is 17.6. The molecule has 0 atom stereocenters. The number of aromatic nitrogens is 1. The zero-order valence-corrected chi connectivity index (χ0v) is 18.4. The van der Waals surface area contributed by atoms with Crippen LogP contribution < -0.4 is 10.5 Å². The van der Waals surface area contributed by atoms with Crippen LogP contribution in [0.5, 0.6) is 0 Å². The molecule has 0 spiro atoms. The van der Waals surface area contributed by atoms with Gasteiger partial charge in [0, 0.05) is 22.4 Å². The van der Waals surface area contributed by atoms with E-state index >= 15 is 0 Å². The van der Waals surface area contributed by atoms with Gasteiger partial charge >= 0.3 is 0 Å². The topological polar surface area (TPSA) is 159 Å². The standard InChI is InChI=1S/C24H18N4O5S/c25-13-15-6-5-7-16(12-15)23-22(20(14-29)33-28-23)24(30)27-19-10-3-1-8-17(19)18-9-2-4-11-21(18)34(26,31)32/h1-12,29H,14H2,(H,27,30)(H2,26,31,32). The molecule has 34 heavy (non-hydrogen) atoms. The maximum Gasteiger partial charge on any atom is 0.261 e. The monoisotopic (exact) mass is 474 g/mol. The molecule has 1 heterocycles. The number of nitrogens with two attached hydrogens (primary N) is 1. The molecule has 0 aliphatic heterocycles. The van der Waals surface area contributed by atoms with Crippen molar-refractivity contribution in [1.82, 2.24) is 5.16 Å². The maximum absolute atomic E-state index is 13.3. The number of para-hydroxylation sites is 1. The summed E-state index contributed by atoms with van der Waals surface area (Å²) in [6.07, 6.45) is 0. The van der Waals surface area contributed by atoms with Crippen LogP contribution in [-0.2, 0) is 16.6 Å². The smallest absolute Gasteiger partial charge is 0.261 e. The number of nitrogens with zero attached hydrogens (tertiary/aromatic N) is 2. The Morgan fingerprint density at radius 3 is 2.47 bits per heavy atom. The molecule has 4 N–H and O–H groups in total. The number of anilines is 1. The summed E-state index contributed by atoms with van der Waals surface area (Å²) in [5.41, 5.74) is 2.02. The van der Waals surface area contributed by atoms with Crippen molar-refractivity contribution in [2.75, 3.05) is 5.32 Å². The quantitative estimate of drug-likeness (QED) is 0.387. The van der Waals surface area contributed by atoms with Crippen molar-refractivity contribution >= 4 is 21.6 Å². The highest BCUT2D eigenvalue weighted by atomic mass is 32.2. The van der Waals surface area contributed by atoms with Crippen molar-refractivity contribution in [1.29, 1.82) is 5.26 Å². The van der Waals surface area contributed by atoms with E-state index in [1.165, 1.54) is 6.07 Å². The number of amides is 1. The Bertz CT molecular complexity index is 1540. The molecule has 0 aliphatic carbocycles. The number of primary sulfonamides is 1. The predicted octanol–water partition coefficient (Wildman–Crippen LogP) is 3.27. The summed E-state index contributed by atoms with van der Waals surface area (Å²) >= 11 is 0. The summed E-state index contributed by atoms with van der Waals surface area (Å²) in [6.45, 7) is -0.580. The van der Waals surface area contributed by atoms with Gasteiger partial charge in [0.15, 0.2) is 5.76 Å². The summed E-state index contributed by atoms with van der Waals surface area (Å²) in [6, 6.07) is 21.3. The molecule has 4 rings (SSSR count). The van der Waals surface area contributed by atoms with Crippen LogP contribution in [0, 0.1) is 11.3 Å². The van der Waals surface area contributed by atoms with Crippen LogP contribution in [0.15, 0.2) is 82.2 Å². The summed E-state index contributed by atoms with van der Waals surface area (Å²) in [5.74, 6) is -0.694. The number of hydrogen-bond acceptors (Lipinski definition) is 7. The fourth-order valence-electron chi connectivity index (χ4n) is 3.55. The fourth-order valence-corrected chi connectivity index (χ4v) is 4.30. The van der Waals surface area contributed by atoms with E-state index in [0.717, 1.165) is 0 Å². The lowest BCUT2D eigenvalue weighted by molar-refractivity contribution is 0.102. The van der Waals surface area contributed by atoms with Gasteiger partial charge in [0.1, 0.15) is 17.9 Å². The minimum Gasteiger partial charge on any atom is -0.388 e. The number of nitriles is 1. The molecule has 170 valence electrons.